The van der Waals surface area contributed by atoms with E-state index >= 15 is 0 Å². The molecule has 0 unspecified atom stereocenters. The van der Waals surface area contributed by atoms with Crippen molar-refractivity contribution in [3.05, 3.63) is 0 Å². The second kappa shape index (κ2) is 2.46. The highest BCUT2D eigenvalue weighted by Gasteiger charge is 2.11. The van der Waals surface area contributed by atoms with Gasteiger partial charge in [0.15, 0.2) is 0 Å². The predicted octanol–water partition coefficient (Wildman–Crippen LogP) is 1.11. The molecule has 2 nitrogen and oxygen atoms in total. The first-order chi connectivity index (χ1) is 3.42. The van der Waals surface area contributed by atoms with Crippen LogP contribution in [0.2, 0.25) is 0 Å². The Labute approximate surface area is 51.3 Å². The maximum absolute atomic E-state index is 9.13. The van der Waals surface area contributed by atoms with Gasteiger partial charge in [0.1, 0.15) is 6.54 Å². The average Bonchev–Trinajstić information content (AvgIpc) is 1.21. The Morgan fingerprint density at radius 2 is 1.75 bits per heavy atom. The lowest BCUT2D eigenvalue weighted by Gasteiger charge is -2.21. The SMILES string of the molecule is CC(C)C[N+](C)(C)O. The molecule has 0 saturated heterocycles. The minimum Gasteiger partial charge on any atom is -0.217 e. The molecule has 0 atom stereocenters. The van der Waals surface area contributed by atoms with Gasteiger partial charge < -0.3 is 0 Å². The topological polar surface area (TPSA) is 20.2 Å². The molecule has 50 valence electrons. The Balaban J connectivity index is 3.39. The first kappa shape index (κ1) is 7.92. The summed E-state index contributed by atoms with van der Waals surface area (Å²) in [4.78, 5) is 0. The molecule has 0 amide bonds. The monoisotopic (exact) mass is 118 g/mol. The maximum Gasteiger partial charge on any atom is 0.110 e. The van der Waals surface area contributed by atoms with E-state index in [0.29, 0.717) is 5.92 Å². The highest BCUT2D eigenvalue weighted by atomic mass is 16.5. The molecule has 0 spiro atoms. The first-order valence-electron chi connectivity index (χ1n) is 2.97. The van der Waals surface area contributed by atoms with Crippen molar-refractivity contribution >= 4 is 0 Å². The van der Waals surface area contributed by atoms with Gasteiger partial charge in [-0.3, -0.25) is 0 Å². The number of hydrogen-bond acceptors (Lipinski definition) is 1. The average molecular weight is 118 g/mol. The van der Waals surface area contributed by atoms with Crippen LogP contribution < -0.4 is 0 Å². The Hall–Kier alpha value is -0.0800. The Morgan fingerprint density at radius 3 is 1.75 bits per heavy atom. The van der Waals surface area contributed by atoms with Gasteiger partial charge in [0.25, 0.3) is 0 Å². The Kier molecular flexibility index (Phi) is 2.44. The van der Waals surface area contributed by atoms with Crippen LogP contribution in [0.4, 0.5) is 0 Å². The largest absolute Gasteiger partial charge is 0.217 e. The minimum atomic E-state index is 0.0810. The van der Waals surface area contributed by atoms with E-state index < -0.39 is 0 Å². The molecule has 0 rings (SSSR count). The molecule has 0 aromatic rings. The lowest BCUT2D eigenvalue weighted by Crippen LogP contribution is -2.38. The van der Waals surface area contributed by atoms with Gasteiger partial charge in [0.2, 0.25) is 0 Å². The fourth-order valence-corrected chi connectivity index (χ4v) is 0.894. The fraction of sp³-hybridized carbons (Fsp3) is 1.00. The van der Waals surface area contributed by atoms with Gasteiger partial charge in [-0.15, -0.1) is 0 Å². The third kappa shape index (κ3) is 5.92. The molecule has 0 heterocycles. The summed E-state index contributed by atoms with van der Waals surface area (Å²) < 4.78 is 0.0810. The smallest absolute Gasteiger partial charge is 0.110 e. The van der Waals surface area contributed by atoms with Crippen molar-refractivity contribution in [3.8, 4) is 0 Å². The van der Waals surface area contributed by atoms with Crippen LogP contribution in [-0.4, -0.2) is 30.5 Å². The summed E-state index contributed by atoms with van der Waals surface area (Å²) in [6, 6.07) is 0. The molecule has 0 fully saturated rings. The molecule has 0 saturated carbocycles. The van der Waals surface area contributed by atoms with E-state index in [0.717, 1.165) is 6.54 Å². The van der Waals surface area contributed by atoms with E-state index in [9.17, 15) is 0 Å². The van der Waals surface area contributed by atoms with Crippen molar-refractivity contribution in [2.24, 2.45) is 5.92 Å². The zero-order valence-corrected chi connectivity index (χ0v) is 6.18. The second-order valence-corrected chi connectivity index (χ2v) is 3.20. The van der Waals surface area contributed by atoms with Gasteiger partial charge in [-0.2, -0.15) is 4.65 Å². The number of hydroxylamine groups is 3. The molecule has 0 aliphatic heterocycles. The molecular weight excluding hydrogens is 102 g/mol. The van der Waals surface area contributed by atoms with Crippen molar-refractivity contribution in [1.29, 1.82) is 0 Å². The normalized spacial score (nSPS) is 12.8. The van der Waals surface area contributed by atoms with E-state index in [4.69, 9.17) is 5.21 Å². The molecule has 0 aliphatic rings. The summed E-state index contributed by atoms with van der Waals surface area (Å²) in [7, 11) is 3.56. The zero-order chi connectivity index (χ0) is 6.78. The van der Waals surface area contributed by atoms with Crippen LogP contribution in [-0.2, 0) is 0 Å². The van der Waals surface area contributed by atoms with Gasteiger partial charge in [-0.25, -0.2) is 5.21 Å². The molecule has 0 aromatic carbocycles. The van der Waals surface area contributed by atoms with Crippen molar-refractivity contribution in [1.82, 2.24) is 0 Å². The summed E-state index contributed by atoms with van der Waals surface area (Å²) in [6.07, 6.45) is 0. The molecule has 0 aliphatic carbocycles. The summed E-state index contributed by atoms with van der Waals surface area (Å²) in [6.45, 7) is 5.01. The number of nitrogens with zero attached hydrogens (tertiary/aromatic N) is 1. The standard InChI is InChI=1S/C6H16NO/c1-6(2)5-7(3,4)8/h6,8H,5H2,1-4H3/q+1. The van der Waals surface area contributed by atoms with E-state index in [1.165, 1.54) is 0 Å². The van der Waals surface area contributed by atoms with Crippen LogP contribution in [0.1, 0.15) is 13.8 Å². The zero-order valence-electron chi connectivity index (χ0n) is 6.18. The molecule has 0 bridgehead atoms. The number of hydrogen-bond donors (Lipinski definition) is 1. The lowest BCUT2D eigenvalue weighted by atomic mass is 10.2. The summed E-state index contributed by atoms with van der Waals surface area (Å²) >= 11 is 0. The van der Waals surface area contributed by atoms with E-state index in [1.807, 2.05) is 0 Å². The fourth-order valence-electron chi connectivity index (χ4n) is 0.894. The summed E-state index contributed by atoms with van der Waals surface area (Å²) in [5, 5.41) is 9.13. The van der Waals surface area contributed by atoms with E-state index in [2.05, 4.69) is 13.8 Å². The van der Waals surface area contributed by atoms with Gasteiger partial charge >= 0.3 is 0 Å². The third-order valence-electron chi connectivity index (χ3n) is 0.812. The van der Waals surface area contributed by atoms with Crippen molar-refractivity contribution in [2.75, 3.05) is 20.6 Å². The van der Waals surface area contributed by atoms with Crippen LogP contribution in [0.25, 0.3) is 0 Å². The van der Waals surface area contributed by atoms with Crippen LogP contribution in [0.15, 0.2) is 0 Å². The Morgan fingerprint density at radius 1 is 1.38 bits per heavy atom. The summed E-state index contributed by atoms with van der Waals surface area (Å²) in [5.41, 5.74) is 0. The highest BCUT2D eigenvalue weighted by Crippen LogP contribution is 1.98. The van der Waals surface area contributed by atoms with Gasteiger partial charge in [0, 0.05) is 5.92 Å². The summed E-state index contributed by atoms with van der Waals surface area (Å²) in [5.74, 6) is 0.565. The lowest BCUT2D eigenvalue weighted by molar-refractivity contribution is -1.07. The van der Waals surface area contributed by atoms with Crippen LogP contribution in [0, 0.1) is 5.92 Å². The van der Waals surface area contributed by atoms with Crippen LogP contribution >= 0.6 is 0 Å². The molecule has 0 radical (unpaired) electrons. The van der Waals surface area contributed by atoms with Crippen molar-refractivity contribution < 1.29 is 9.85 Å². The quantitative estimate of drug-likeness (QED) is 0.425. The van der Waals surface area contributed by atoms with Gasteiger partial charge in [0.05, 0.1) is 14.1 Å². The number of quaternary nitrogens is 1. The van der Waals surface area contributed by atoms with E-state index in [1.54, 1.807) is 14.1 Å². The molecule has 8 heavy (non-hydrogen) atoms. The van der Waals surface area contributed by atoms with E-state index in [-0.39, 0.29) is 4.65 Å². The van der Waals surface area contributed by atoms with Crippen LogP contribution in [0.3, 0.4) is 0 Å². The number of rotatable bonds is 2. The van der Waals surface area contributed by atoms with Gasteiger partial charge in [-0.1, -0.05) is 13.8 Å². The second-order valence-electron chi connectivity index (χ2n) is 3.20. The van der Waals surface area contributed by atoms with Crippen molar-refractivity contribution in [2.45, 2.75) is 13.8 Å². The maximum atomic E-state index is 9.13. The third-order valence-corrected chi connectivity index (χ3v) is 0.812. The predicted molar refractivity (Wildman–Crippen MR) is 33.6 cm³/mol. The van der Waals surface area contributed by atoms with Crippen molar-refractivity contribution in [3.63, 3.8) is 0 Å². The Bertz CT molecular complexity index is 63.4. The van der Waals surface area contributed by atoms with Gasteiger partial charge in [-0.05, 0) is 0 Å². The molecule has 2 heteroatoms. The molecule has 0 aromatic heterocycles. The first-order valence-corrected chi connectivity index (χ1v) is 2.97. The molecule has 1 N–H and O–H groups in total. The minimum absolute atomic E-state index is 0.0810. The highest BCUT2D eigenvalue weighted by molar-refractivity contribution is 4.35. The van der Waals surface area contributed by atoms with Crippen LogP contribution in [0.5, 0.6) is 0 Å². The molecular formula is C6H16NO+.